The third-order valence-corrected chi connectivity index (χ3v) is 2.44. The van der Waals surface area contributed by atoms with Gasteiger partial charge in [-0.15, -0.1) is 0 Å². The molecular formula is C10H11F3O. The van der Waals surface area contributed by atoms with Crippen LogP contribution in [0.4, 0.5) is 13.2 Å². The molecule has 1 aliphatic carbocycles. The minimum absolute atomic E-state index is 0.165. The zero-order chi connectivity index (χ0) is 10.9. The SMILES string of the molecule is C=CC1=C(C(F)(F)F)C(C(C)=O)CC1. The largest absolute Gasteiger partial charge is 0.413 e. The van der Waals surface area contributed by atoms with Crippen LogP contribution in [0, 0.1) is 5.92 Å². The second kappa shape index (κ2) is 3.59. The summed E-state index contributed by atoms with van der Waals surface area (Å²) < 4.78 is 37.7. The Hall–Kier alpha value is -1.06. The fourth-order valence-corrected chi connectivity index (χ4v) is 1.80. The van der Waals surface area contributed by atoms with Gasteiger partial charge in [-0.2, -0.15) is 13.2 Å². The van der Waals surface area contributed by atoms with Gasteiger partial charge in [-0.05, 0) is 25.3 Å². The second-order valence-electron chi connectivity index (χ2n) is 3.34. The van der Waals surface area contributed by atoms with Gasteiger partial charge in [0.2, 0.25) is 0 Å². The molecule has 78 valence electrons. The predicted octanol–water partition coefficient (Wildman–Crippen LogP) is 3.03. The minimum Gasteiger partial charge on any atom is -0.299 e. The lowest BCUT2D eigenvalue weighted by Crippen LogP contribution is -2.22. The molecule has 0 amide bonds. The molecular weight excluding hydrogens is 193 g/mol. The molecule has 1 unspecified atom stereocenters. The highest BCUT2D eigenvalue weighted by atomic mass is 19.4. The average Bonchev–Trinajstić information content (AvgIpc) is 2.45. The van der Waals surface area contributed by atoms with Crippen LogP contribution in [0.3, 0.4) is 0 Å². The van der Waals surface area contributed by atoms with E-state index < -0.39 is 23.5 Å². The first kappa shape index (κ1) is 11.0. The lowest BCUT2D eigenvalue weighted by Gasteiger charge is -2.15. The minimum atomic E-state index is -4.41. The van der Waals surface area contributed by atoms with Crippen LogP contribution in [0.2, 0.25) is 0 Å². The highest BCUT2D eigenvalue weighted by Crippen LogP contribution is 2.43. The molecule has 0 aromatic rings. The second-order valence-corrected chi connectivity index (χ2v) is 3.34. The van der Waals surface area contributed by atoms with Gasteiger partial charge in [-0.3, -0.25) is 4.79 Å². The maximum Gasteiger partial charge on any atom is 0.413 e. The van der Waals surface area contributed by atoms with E-state index in [1.54, 1.807) is 0 Å². The summed E-state index contributed by atoms with van der Waals surface area (Å²) in [5.41, 5.74) is -0.530. The van der Waals surface area contributed by atoms with Crippen molar-refractivity contribution in [3.05, 3.63) is 23.8 Å². The molecule has 4 heteroatoms. The molecule has 0 bridgehead atoms. The topological polar surface area (TPSA) is 17.1 Å². The fourth-order valence-electron chi connectivity index (χ4n) is 1.80. The Kier molecular flexibility index (Phi) is 2.83. The van der Waals surface area contributed by atoms with E-state index in [0.717, 1.165) is 0 Å². The maximum atomic E-state index is 12.6. The molecule has 0 N–H and O–H groups in total. The van der Waals surface area contributed by atoms with Gasteiger partial charge in [0.1, 0.15) is 5.78 Å². The number of allylic oxidation sites excluding steroid dienone is 3. The van der Waals surface area contributed by atoms with Crippen molar-refractivity contribution < 1.29 is 18.0 Å². The highest BCUT2D eigenvalue weighted by Gasteiger charge is 2.44. The number of carbonyl (C=O) groups is 1. The van der Waals surface area contributed by atoms with Gasteiger partial charge >= 0.3 is 6.18 Å². The molecule has 14 heavy (non-hydrogen) atoms. The van der Waals surface area contributed by atoms with Crippen molar-refractivity contribution in [1.29, 1.82) is 0 Å². The van der Waals surface area contributed by atoms with Gasteiger partial charge in [-0.25, -0.2) is 0 Å². The number of alkyl halides is 3. The van der Waals surface area contributed by atoms with Crippen molar-refractivity contribution >= 4 is 5.78 Å². The fraction of sp³-hybridized carbons (Fsp3) is 0.500. The highest BCUT2D eigenvalue weighted by molar-refractivity contribution is 5.82. The molecule has 0 fully saturated rings. The van der Waals surface area contributed by atoms with Gasteiger partial charge < -0.3 is 0 Å². The first-order valence-corrected chi connectivity index (χ1v) is 4.31. The summed E-state index contributed by atoms with van der Waals surface area (Å²) in [7, 11) is 0. The number of Topliss-reactive ketones (excluding diaryl/α,β-unsaturated/α-hetero) is 1. The molecule has 1 nitrogen and oxygen atoms in total. The van der Waals surface area contributed by atoms with E-state index in [2.05, 4.69) is 6.58 Å². The van der Waals surface area contributed by atoms with Crippen LogP contribution in [-0.4, -0.2) is 12.0 Å². The molecule has 1 aliphatic rings. The van der Waals surface area contributed by atoms with Crippen LogP contribution in [0.25, 0.3) is 0 Å². The van der Waals surface area contributed by atoms with Gasteiger partial charge in [0.25, 0.3) is 0 Å². The Morgan fingerprint density at radius 3 is 2.50 bits per heavy atom. The molecule has 0 aromatic heterocycles. The van der Waals surface area contributed by atoms with E-state index in [1.165, 1.54) is 13.0 Å². The van der Waals surface area contributed by atoms with Crippen LogP contribution >= 0.6 is 0 Å². The molecule has 0 saturated carbocycles. The normalized spacial score (nSPS) is 22.7. The van der Waals surface area contributed by atoms with Gasteiger partial charge in [-0.1, -0.05) is 12.7 Å². The zero-order valence-electron chi connectivity index (χ0n) is 7.82. The van der Waals surface area contributed by atoms with Gasteiger partial charge in [0.05, 0.1) is 0 Å². The van der Waals surface area contributed by atoms with E-state index in [0.29, 0.717) is 6.42 Å². The summed E-state index contributed by atoms with van der Waals surface area (Å²) in [6.07, 6.45) is -2.66. The summed E-state index contributed by atoms with van der Waals surface area (Å²) >= 11 is 0. The van der Waals surface area contributed by atoms with E-state index in [1.807, 2.05) is 0 Å². The number of carbonyl (C=O) groups excluding carboxylic acids is 1. The Morgan fingerprint density at radius 2 is 2.14 bits per heavy atom. The van der Waals surface area contributed by atoms with E-state index in [9.17, 15) is 18.0 Å². The molecule has 1 atom stereocenters. The maximum absolute atomic E-state index is 12.6. The number of hydrogen-bond donors (Lipinski definition) is 0. The molecule has 0 saturated heterocycles. The molecule has 0 radical (unpaired) electrons. The summed E-state index contributed by atoms with van der Waals surface area (Å²) in [5.74, 6) is -1.41. The molecule has 0 spiro atoms. The Morgan fingerprint density at radius 1 is 1.57 bits per heavy atom. The van der Waals surface area contributed by atoms with Crippen molar-refractivity contribution in [2.24, 2.45) is 5.92 Å². The molecule has 0 aliphatic heterocycles. The van der Waals surface area contributed by atoms with E-state index in [4.69, 9.17) is 0 Å². The smallest absolute Gasteiger partial charge is 0.299 e. The Balaban J connectivity index is 3.13. The first-order valence-electron chi connectivity index (χ1n) is 4.31. The number of halogens is 3. The van der Waals surface area contributed by atoms with Crippen LogP contribution < -0.4 is 0 Å². The number of hydrogen-bond acceptors (Lipinski definition) is 1. The first-order chi connectivity index (χ1) is 6.38. The third-order valence-electron chi connectivity index (χ3n) is 2.44. The van der Waals surface area contributed by atoms with Crippen LogP contribution in [-0.2, 0) is 4.79 Å². The van der Waals surface area contributed by atoms with Crippen molar-refractivity contribution in [2.45, 2.75) is 25.9 Å². The Bertz CT molecular complexity index is 299. The monoisotopic (exact) mass is 204 g/mol. The van der Waals surface area contributed by atoms with Crippen molar-refractivity contribution in [1.82, 2.24) is 0 Å². The average molecular weight is 204 g/mol. The van der Waals surface area contributed by atoms with Crippen molar-refractivity contribution in [3.8, 4) is 0 Å². The van der Waals surface area contributed by atoms with Gasteiger partial charge in [0.15, 0.2) is 0 Å². The summed E-state index contributed by atoms with van der Waals surface area (Å²) in [6, 6.07) is 0. The quantitative estimate of drug-likeness (QED) is 0.675. The predicted molar refractivity (Wildman–Crippen MR) is 46.7 cm³/mol. The lowest BCUT2D eigenvalue weighted by atomic mass is 9.96. The zero-order valence-corrected chi connectivity index (χ0v) is 7.82. The van der Waals surface area contributed by atoms with E-state index >= 15 is 0 Å². The van der Waals surface area contributed by atoms with Crippen LogP contribution in [0.5, 0.6) is 0 Å². The summed E-state index contributed by atoms with van der Waals surface area (Å²) in [5, 5.41) is 0. The number of rotatable bonds is 2. The Labute approximate surface area is 80.3 Å². The third kappa shape index (κ3) is 1.89. The molecule has 1 rings (SSSR count). The van der Waals surface area contributed by atoms with Crippen LogP contribution in [0.1, 0.15) is 19.8 Å². The van der Waals surface area contributed by atoms with Gasteiger partial charge in [0, 0.05) is 11.5 Å². The van der Waals surface area contributed by atoms with Crippen molar-refractivity contribution in [2.75, 3.05) is 0 Å². The summed E-state index contributed by atoms with van der Waals surface area (Å²) in [6.45, 7) is 4.53. The van der Waals surface area contributed by atoms with E-state index in [-0.39, 0.29) is 12.0 Å². The van der Waals surface area contributed by atoms with Crippen molar-refractivity contribution in [3.63, 3.8) is 0 Å². The molecule has 0 aromatic carbocycles. The number of ketones is 1. The van der Waals surface area contributed by atoms with Crippen LogP contribution in [0.15, 0.2) is 23.8 Å². The standard InChI is InChI=1S/C10H11F3O/c1-3-7-4-5-8(6(2)14)9(7)10(11,12)13/h3,8H,1,4-5H2,2H3. The molecule has 0 heterocycles. The summed E-state index contributed by atoms with van der Waals surface area (Å²) in [4.78, 5) is 11.0. The lowest BCUT2D eigenvalue weighted by molar-refractivity contribution is -0.126.